The lowest BCUT2D eigenvalue weighted by molar-refractivity contribution is -0.115. The Labute approximate surface area is 181 Å². The second kappa shape index (κ2) is 9.00. The molecule has 0 bridgehead atoms. The number of amides is 1. The van der Waals surface area contributed by atoms with Crippen LogP contribution in [0.5, 0.6) is 5.75 Å². The number of anilines is 1. The summed E-state index contributed by atoms with van der Waals surface area (Å²) in [7, 11) is 0. The van der Waals surface area contributed by atoms with Crippen molar-refractivity contribution in [2.75, 3.05) is 11.9 Å². The molecule has 0 aliphatic heterocycles. The van der Waals surface area contributed by atoms with Gasteiger partial charge in [0.25, 0.3) is 0 Å². The Morgan fingerprint density at radius 3 is 2.87 bits per heavy atom. The normalized spacial score (nSPS) is 10.8. The van der Waals surface area contributed by atoms with Gasteiger partial charge in [0, 0.05) is 5.38 Å². The van der Waals surface area contributed by atoms with Crippen LogP contribution in [-0.2, 0) is 11.2 Å². The summed E-state index contributed by atoms with van der Waals surface area (Å²) in [5.41, 5.74) is 2.06. The first-order chi connectivity index (χ1) is 15.0. The van der Waals surface area contributed by atoms with E-state index >= 15 is 0 Å². The Hall–Kier alpha value is -3.66. The molecule has 8 nitrogen and oxygen atoms in total. The highest BCUT2D eigenvalue weighted by atomic mass is 32.1. The van der Waals surface area contributed by atoms with Crippen molar-refractivity contribution >= 4 is 22.9 Å². The van der Waals surface area contributed by atoms with E-state index in [4.69, 9.17) is 4.74 Å². The Kier molecular flexibility index (Phi) is 5.99. The average Bonchev–Trinajstić information content (AvgIpc) is 3.39. The topological polar surface area (TPSA) is 94.8 Å². The lowest BCUT2D eigenvalue weighted by Crippen LogP contribution is -2.16. The summed E-state index contributed by atoms with van der Waals surface area (Å²) in [6.07, 6.45) is 0.0148. The molecule has 0 saturated heterocycles. The van der Waals surface area contributed by atoms with Crippen molar-refractivity contribution in [3.05, 3.63) is 65.2 Å². The molecule has 0 spiro atoms. The van der Waals surface area contributed by atoms with Crippen LogP contribution in [0.1, 0.15) is 18.4 Å². The zero-order valence-electron chi connectivity index (χ0n) is 16.9. The fourth-order valence-electron chi connectivity index (χ4n) is 3.01. The second-order valence-electron chi connectivity index (χ2n) is 6.60. The summed E-state index contributed by atoms with van der Waals surface area (Å²) < 4.78 is 21.4. The van der Waals surface area contributed by atoms with E-state index in [2.05, 4.69) is 25.8 Å². The van der Waals surface area contributed by atoms with Gasteiger partial charge < -0.3 is 10.1 Å². The highest BCUT2D eigenvalue weighted by molar-refractivity contribution is 7.13. The Morgan fingerprint density at radius 2 is 2.10 bits per heavy atom. The first-order valence-electron chi connectivity index (χ1n) is 9.56. The summed E-state index contributed by atoms with van der Waals surface area (Å²) >= 11 is 1.43. The van der Waals surface area contributed by atoms with Crippen LogP contribution in [0.2, 0.25) is 0 Å². The molecule has 0 fully saturated rings. The molecule has 0 aliphatic rings. The highest BCUT2D eigenvalue weighted by Crippen LogP contribution is 2.32. The number of carbonyl (C=O) groups excluding carboxylic acids is 1. The lowest BCUT2D eigenvalue weighted by Gasteiger charge is -2.09. The van der Waals surface area contributed by atoms with Crippen LogP contribution in [-0.4, -0.2) is 37.7 Å². The van der Waals surface area contributed by atoms with Crippen LogP contribution in [0.4, 0.5) is 10.1 Å². The number of para-hydroxylation sites is 1. The van der Waals surface area contributed by atoms with Crippen molar-refractivity contribution < 1.29 is 13.9 Å². The summed E-state index contributed by atoms with van der Waals surface area (Å²) in [5, 5.41) is 16.4. The molecule has 2 heterocycles. The smallest absolute Gasteiger partial charge is 0.230 e. The summed E-state index contributed by atoms with van der Waals surface area (Å²) in [6, 6.07) is 11.9. The van der Waals surface area contributed by atoms with E-state index in [0.717, 1.165) is 16.3 Å². The third-order valence-electron chi connectivity index (χ3n) is 4.40. The predicted octanol–water partition coefficient (Wildman–Crippen LogP) is 3.81. The minimum atomic E-state index is -0.549. The number of hydrogen-bond donors (Lipinski definition) is 1. The van der Waals surface area contributed by atoms with Gasteiger partial charge in [0.1, 0.15) is 16.6 Å². The minimum absolute atomic E-state index is 0.0148. The van der Waals surface area contributed by atoms with Crippen LogP contribution in [0.25, 0.3) is 16.3 Å². The fourth-order valence-corrected chi connectivity index (χ4v) is 3.86. The molecular formula is C21H19FN6O2S. The molecule has 2 aromatic carbocycles. The van der Waals surface area contributed by atoms with E-state index in [1.807, 2.05) is 36.6 Å². The maximum Gasteiger partial charge on any atom is 0.230 e. The molecule has 31 heavy (non-hydrogen) atoms. The van der Waals surface area contributed by atoms with Crippen molar-refractivity contribution in [2.45, 2.75) is 20.3 Å². The largest absolute Gasteiger partial charge is 0.493 e. The van der Waals surface area contributed by atoms with Crippen LogP contribution in [0.3, 0.4) is 0 Å². The van der Waals surface area contributed by atoms with E-state index in [1.165, 1.54) is 34.2 Å². The van der Waals surface area contributed by atoms with Crippen molar-refractivity contribution in [1.29, 1.82) is 0 Å². The van der Waals surface area contributed by atoms with Crippen LogP contribution >= 0.6 is 11.3 Å². The number of ether oxygens (including phenoxy) is 1. The molecule has 2 aromatic heterocycles. The average molecular weight is 438 g/mol. The lowest BCUT2D eigenvalue weighted by atomic mass is 10.2. The first-order valence-corrected chi connectivity index (χ1v) is 10.4. The number of aryl methyl sites for hydroxylation is 1. The molecule has 1 amide bonds. The van der Waals surface area contributed by atoms with E-state index in [9.17, 15) is 9.18 Å². The van der Waals surface area contributed by atoms with Crippen molar-refractivity contribution in [3.63, 3.8) is 0 Å². The minimum Gasteiger partial charge on any atom is -0.493 e. The Balaban J connectivity index is 1.49. The quantitative estimate of drug-likeness (QED) is 0.471. The van der Waals surface area contributed by atoms with E-state index in [1.54, 1.807) is 6.92 Å². The van der Waals surface area contributed by atoms with Gasteiger partial charge in [-0.25, -0.2) is 9.37 Å². The van der Waals surface area contributed by atoms with Gasteiger partial charge in [-0.15, -0.1) is 16.4 Å². The maximum absolute atomic E-state index is 14.3. The molecule has 1 N–H and O–H groups in total. The molecule has 10 heteroatoms. The third kappa shape index (κ3) is 4.58. The number of benzene rings is 2. The van der Waals surface area contributed by atoms with Crippen LogP contribution < -0.4 is 10.1 Å². The predicted molar refractivity (Wildman–Crippen MR) is 115 cm³/mol. The molecule has 4 aromatic rings. The van der Waals surface area contributed by atoms with Gasteiger partial charge >= 0.3 is 0 Å². The number of thiazole rings is 1. The summed E-state index contributed by atoms with van der Waals surface area (Å²) in [6.45, 7) is 4.20. The first kappa shape index (κ1) is 20.6. The zero-order valence-corrected chi connectivity index (χ0v) is 17.7. The van der Waals surface area contributed by atoms with Gasteiger partial charge in [-0.05, 0) is 54.6 Å². The van der Waals surface area contributed by atoms with Gasteiger partial charge in [0.2, 0.25) is 5.91 Å². The SMILES string of the molecule is CCOc1ccccc1-c1nc(CC(=O)Nc2cc(-n3nnnc3C)ccc2F)cs1. The number of halogens is 1. The Bertz CT molecular complexity index is 1220. The number of aromatic nitrogens is 5. The van der Waals surface area contributed by atoms with Crippen LogP contribution in [0, 0.1) is 12.7 Å². The second-order valence-corrected chi connectivity index (χ2v) is 7.46. The number of nitrogens with zero attached hydrogens (tertiary/aromatic N) is 5. The van der Waals surface area contributed by atoms with Crippen molar-refractivity contribution in [3.8, 4) is 22.0 Å². The maximum atomic E-state index is 14.3. The molecule has 0 atom stereocenters. The monoisotopic (exact) mass is 438 g/mol. The molecule has 0 radical (unpaired) electrons. The molecule has 4 rings (SSSR count). The van der Waals surface area contributed by atoms with Gasteiger partial charge in [-0.1, -0.05) is 12.1 Å². The van der Waals surface area contributed by atoms with Crippen molar-refractivity contribution in [1.82, 2.24) is 25.2 Å². The fraction of sp³-hybridized carbons (Fsp3) is 0.190. The summed E-state index contributed by atoms with van der Waals surface area (Å²) in [4.78, 5) is 17.1. The highest BCUT2D eigenvalue weighted by Gasteiger charge is 2.15. The molecule has 0 aliphatic carbocycles. The van der Waals surface area contributed by atoms with E-state index in [-0.39, 0.29) is 18.0 Å². The summed E-state index contributed by atoms with van der Waals surface area (Å²) in [5.74, 6) is 0.366. The Morgan fingerprint density at radius 1 is 1.26 bits per heavy atom. The van der Waals surface area contributed by atoms with Gasteiger partial charge in [-0.2, -0.15) is 4.68 Å². The molecule has 158 valence electrons. The number of tetrazole rings is 1. The zero-order chi connectivity index (χ0) is 21.8. The number of carbonyl (C=O) groups is 1. The van der Waals surface area contributed by atoms with Gasteiger partial charge in [0.15, 0.2) is 5.82 Å². The molecule has 0 unspecified atom stereocenters. The van der Waals surface area contributed by atoms with Gasteiger partial charge in [0.05, 0.1) is 35.7 Å². The van der Waals surface area contributed by atoms with E-state index < -0.39 is 5.82 Å². The number of nitrogens with one attached hydrogen (secondary N) is 1. The number of hydrogen-bond acceptors (Lipinski definition) is 7. The third-order valence-corrected chi connectivity index (χ3v) is 5.33. The molecular weight excluding hydrogens is 419 g/mol. The standard InChI is InChI=1S/C21H19FN6O2S/c1-3-30-19-7-5-4-6-16(19)21-23-14(12-31-21)10-20(29)24-18-11-15(8-9-17(18)22)28-13(2)25-26-27-28/h4-9,11-12H,3,10H2,1-2H3,(H,24,29). The van der Waals surface area contributed by atoms with Gasteiger partial charge in [-0.3, -0.25) is 4.79 Å². The van der Waals surface area contributed by atoms with E-state index in [0.29, 0.717) is 23.8 Å². The van der Waals surface area contributed by atoms with Crippen molar-refractivity contribution in [2.24, 2.45) is 0 Å². The number of rotatable bonds is 7. The molecule has 0 saturated carbocycles. The van der Waals surface area contributed by atoms with Crippen LogP contribution in [0.15, 0.2) is 47.8 Å².